The standard InChI is InChI=1S/C15H15BrN2OS/c1-3-7-18(8-4-2)15(19)14-13(17)11-6-5-10(16)9-12(11)20-14/h3-6,9H,1-2,7-8,17H2. The van der Waals surface area contributed by atoms with Crippen LogP contribution in [0.15, 0.2) is 48.0 Å². The number of halogens is 1. The number of thiophene rings is 1. The van der Waals surface area contributed by atoms with Gasteiger partial charge in [0, 0.05) is 27.6 Å². The lowest BCUT2D eigenvalue weighted by atomic mass is 10.2. The van der Waals surface area contributed by atoms with Gasteiger partial charge in [0.2, 0.25) is 0 Å². The Morgan fingerprint density at radius 2 is 2.00 bits per heavy atom. The fourth-order valence-corrected chi connectivity index (χ4v) is 3.59. The molecule has 0 fully saturated rings. The van der Waals surface area contributed by atoms with Crippen LogP contribution >= 0.6 is 27.3 Å². The maximum Gasteiger partial charge on any atom is 0.266 e. The van der Waals surface area contributed by atoms with Crippen LogP contribution in [-0.4, -0.2) is 23.9 Å². The van der Waals surface area contributed by atoms with Gasteiger partial charge >= 0.3 is 0 Å². The Kier molecular flexibility index (Phi) is 4.62. The van der Waals surface area contributed by atoms with E-state index in [9.17, 15) is 4.79 Å². The number of carbonyl (C=O) groups is 1. The lowest BCUT2D eigenvalue weighted by Gasteiger charge is -2.18. The largest absolute Gasteiger partial charge is 0.397 e. The van der Waals surface area contributed by atoms with Gasteiger partial charge in [0.1, 0.15) is 4.88 Å². The Balaban J connectivity index is 2.45. The van der Waals surface area contributed by atoms with Gasteiger partial charge in [-0.25, -0.2) is 0 Å². The normalized spacial score (nSPS) is 10.4. The van der Waals surface area contributed by atoms with Crippen LogP contribution in [0.4, 0.5) is 5.69 Å². The maximum absolute atomic E-state index is 12.5. The molecule has 0 aliphatic heterocycles. The smallest absolute Gasteiger partial charge is 0.266 e. The highest BCUT2D eigenvalue weighted by Crippen LogP contribution is 2.35. The minimum Gasteiger partial charge on any atom is -0.397 e. The van der Waals surface area contributed by atoms with Crippen molar-refractivity contribution in [2.24, 2.45) is 0 Å². The van der Waals surface area contributed by atoms with Crippen molar-refractivity contribution in [3.63, 3.8) is 0 Å². The zero-order valence-electron chi connectivity index (χ0n) is 10.9. The Hall–Kier alpha value is -1.59. The van der Waals surface area contributed by atoms with Crippen LogP contribution in [0.2, 0.25) is 0 Å². The van der Waals surface area contributed by atoms with Gasteiger partial charge in [-0.15, -0.1) is 24.5 Å². The van der Waals surface area contributed by atoms with Crippen LogP contribution in [0.25, 0.3) is 10.1 Å². The van der Waals surface area contributed by atoms with Gasteiger partial charge in [-0.05, 0) is 12.1 Å². The number of nitrogen functional groups attached to an aromatic ring is 1. The molecule has 0 radical (unpaired) electrons. The molecule has 0 aliphatic carbocycles. The minimum atomic E-state index is -0.0837. The number of nitrogens with zero attached hydrogens (tertiary/aromatic N) is 1. The predicted molar refractivity (Wildman–Crippen MR) is 90.2 cm³/mol. The van der Waals surface area contributed by atoms with Gasteiger partial charge in [-0.2, -0.15) is 0 Å². The molecule has 104 valence electrons. The molecule has 2 N–H and O–H groups in total. The molecule has 1 aromatic carbocycles. The fourth-order valence-electron chi connectivity index (χ4n) is 1.94. The first-order valence-electron chi connectivity index (χ1n) is 6.07. The van der Waals surface area contributed by atoms with E-state index in [1.165, 1.54) is 11.3 Å². The van der Waals surface area contributed by atoms with E-state index in [4.69, 9.17) is 5.73 Å². The summed E-state index contributed by atoms with van der Waals surface area (Å²) in [5.41, 5.74) is 6.66. The highest BCUT2D eigenvalue weighted by Gasteiger charge is 2.20. The number of fused-ring (bicyclic) bond motifs is 1. The highest BCUT2D eigenvalue weighted by molar-refractivity contribution is 9.10. The second-order valence-electron chi connectivity index (χ2n) is 4.27. The third kappa shape index (κ3) is 2.78. The summed E-state index contributed by atoms with van der Waals surface area (Å²) < 4.78 is 1.97. The molecule has 0 aliphatic rings. The van der Waals surface area contributed by atoms with E-state index < -0.39 is 0 Å². The summed E-state index contributed by atoms with van der Waals surface area (Å²) in [5, 5.41) is 0.915. The Bertz CT molecular complexity index is 668. The first-order chi connectivity index (χ1) is 9.58. The zero-order chi connectivity index (χ0) is 14.7. The number of benzene rings is 1. The molecule has 0 saturated carbocycles. The summed E-state index contributed by atoms with van der Waals surface area (Å²) >= 11 is 4.84. The number of amides is 1. The van der Waals surface area contributed by atoms with Crippen LogP contribution < -0.4 is 5.73 Å². The molecular formula is C15H15BrN2OS. The van der Waals surface area contributed by atoms with Crippen LogP contribution in [0.3, 0.4) is 0 Å². The highest BCUT2D eigenvalue weighted by atomic mass is 79.9. The number of nitrogens with two attached hydrogens (primary N) is 1. The topological polar surface area (TPSA) is 46.3 Å². The zero-order valence-corrected chi connectivity index (χ0v) is 13.3. The van der Waals surface area contributed by atoms with Gasteiger partial charge in [0.05, 0.1) is 5.69 Å². The number of anilines is 1. The summed E-state index contributed by atoms with van der Waals surface area (Å²) in [7, 11) is 0. The van der Waals surface area contributed by atoms with Gasteiger partial charge in [-0.1, -0.05) is 34.1 Å². The molecule has 0 unspecified atom stereocenters. The lowest BCUT2D eigenvalue weighted by Crippen LogP contribution is -2.31. The van der Waals surface area contributed by atoms with Crippen molar-refractivity contribution < 1.29 is 4.79 Å². The molecule has 20 heavy (non-hydrogen) atoms. The van der Waals surface area contributed by atoms with Crippen molar-refractivity contribution in [2.45, 2.75) is 0 Å². The molecule has 1 heterocycles. The van der Waals surface area contributed by atoms with Crippen molar-refractivity contribution in [1.29, 1.82) is 0 Å². The van der Waals surface area contributed by atoms with Crippen molar-refractivity contribution in [3.05, 3.63) is 52.9 Å². The minimum absolute atomic E-state index is 0.0837. The number of rotatable bonds is 5. The SMILES string of the molecule is C=CCN(CC=C)C(=O)c1sc2cc(Br)ccc2c1N. The number of hydrogen-bond donors (Lipinski definition) is 1. The van der Waals surface area contributed by atoms with Crippen LogP contribution in [0.1, 0.15) is 9.67 Å². The molecule has 0 atom stereocenters. The Labute approximate surface area is 130 Å². The van der Waals surface area contributed by atoms with Gasteiger partial charge in [-0.3, -0.25) is 4.79 Å². The molecule has 0 spiro atoms. The average Bonchev–Trinajstić information content (AvgIpc) is 2.74. The van der Waals surface area contributed by atoms with E-state index in [0.717, 1.165) is 14.6 Å². The molecule has 2 aromatic rings. The molecule has 0 saturated heterocycles. The lowest BCUT2D eigenvalue weighted by molar-refractivity contribution is 0.0796. The van der Waals surface area contributed by atoms with Crippen molar-refractivity contribution in [1.82, 2.24) is 4.90 Å². The first kappa shape index (κ1) is 14.8. The van der Waals surface area contributed by atoms with Crippen LogP contribution in [0.5, 0.6) is 0 Å². The summed E-state index contributed by atoms with van der Waals surface area (Å²) in [6.07, 6.45) is 3.39. The first-order valence-corrected chi connectivity index (χ1v) is 7.68. The molecule has 1 aromatic heterocycles. The second-order valence-corrected chi connectivity index (χ2v) is 6.24. The summed E-state index contributed by atoms with van der Waals surface area (Å²) in [5.74, 6) is -0.0837. The number of hydrogen-bond acceptors (Lipinski definition) is 3. The Morgan fingerprint density at radius 3 is 2.60 bits per heavy atom. The summed E-state index contributed by atoms with van der Waals surface area (Å²) in [6, 6.07) is 5.82. The van der Waals surface area contributed by atoms with E-state index >= 15 is 0 Å². The average molecular weight is 351 g/mol. The predicted octanol–water partition coefficient (Wildman–Crippen LogP) is 4.06. The maximum atomic E-state index is 12.5. The Morgan fingerprint density at radius 1 is 1.35 bits per heavy atom. The van der Waals surface area contributed by atoms with Crippen molar-refractivity contribution in [2.75, 3.05) is 18.8 Å². The molecular weight excluding hydrogens is 336 g/mol. The second kappa shape index (κ2) is 6.24. The van der Waals surface area contributed by atoms with E-state index in [1.54, 1.807) is 17.1 Å². The van der Waals surface area contributed by atoms with E-state index in [1.807, 2.05) is 18.2 Å². The molecule has 1 amide bonds. The van der Waals surface area contributed by atoms with Crippen molar-refractivity contribution in [3.8, 4) is 0 Å². The summed E-state index contributed by atoms with van der Waals surface area (Å²) in [4.78, 5) is 14.8. The van der Waals surface area contributed by atoms with Gasteiger partial charge in [0.15, 0.2) is 0 Å². The van der Waals surface area contributed by atoms with Gasteiger partial charge in [0.25, 0.3) is 5.91 Å². The third-order valence-corrected chi connectivity index (χ3v) is 4.52. The van der Waals surface area contributed by atoms with E-state index in [0.29, 0.717) is 23.7 Å². The van der Waals surface area contributed by atoms with Crippen molar-refractivity contribution >= 4 is 48.9 Å². The summed E-state index contributed by atoms with van der Waals surface area (Å²) in [6.45, 7) is 8.30. The fraction of sp³-hybridized carbons (Fsp3) is 0.133. The van der Waals surface area contributed by atoms with Crippen LogP contribution in [-0.2, 0) is 0 Å². The quantitative estimate of drug-likeness (QED) is 0.826. The monoisotopic (exact) mass is 350 g/mol. The molecule has 2 rings (SSSR count). The molecule has 5 heteroatoms. The number of carbonyl (C=O) groups excluding carboxylic acids is 1. The van der Waals surface area contributed by atoms with E-state index in [-0.39, 0.29) is 5.91 Å². The third-order valence-electron chi connectivity index (χ3n) is 2.87. The van der Waals surface area contributed by atoms with Crippen LogP contribution in [0, 0.1) is 0 Å². The van der Waals surface area contributed by atoms with E-state index in [2.05, 4.69) is 29.1 Å². The molecule has 0 bridgehead atoms. The van der Waals surface area contributed by atoms with Gasteiger partial charge < -0.3 is 10.6 Å². The molecule has 3 nitrogen and oxygen atoms in total.